The normalized spacial score (nSPS) is 16.6. The van der Waals surface area contributed by atoms with Gasteiger partial charge in [-0.3, -0.25) is 4.79 Å². The molecule has 5 rings (SSSR count). The second kappa shape index (κ2) is 13.1. The molecule has 0 saturated heterocycles. The van der Waals surface area contributed by atoms with Crippen LogP contribution in [-0.4, -0.2) is 36.1 Å². The van der Waals surface area contributed by atoms with E-state index in [0.29, 0.717) is 31.0 Å². The molecule has 0 spiro atoms. The Morgan fingerprint density at radius 2 is 1.48 bits per heavy atom. The summed E-state index contributed by atoms with van der Waals surface area (Å²) in [6, 6.07) is 28.3. The number of pyridine rings is 2. The van der Waals surface area contributed by atoms with E-state index in [2.05, 4.69) is 18.0 Å². The SMILES string of the molecule is COC(=O)C1CCC(N(C)c2ccc(-c3ccc(OCc4ccccc4)nc3OCc3ccccc3)cn2)CC1. The Balaban J connectivity index is 1.31. The summed E-state index contributed by atoms with van der Waals surface area (Å²) in [6.07, 6.45) is 5.42. The van der Waals surface area contributed by atoms with Crippen molar-refractivity contribution in [2.75, 3.05) is 19.1 Å². The summed E-state index contributed by atoms with van der Waals surface area (Å²) in [5.41, 5.74) is 3.89. The smallest absolute Gasteiger partial charge is 0.308 e. The fourth-order valence-electron chi connectivity index (χ4n) is 5.10. The lowest BCUT2D eigenvalue weighted by Crippen LogP contribution is -2.37. The summed E-state index contributed by atoms with van der Waals surface area (Å²) >= 11 is 0. The van der Waals surface area contributed by atoms with Crippen LogP contribution < -0.4 is 14.4 Å². The number of esters is 1. The molecule has 4 aromatic rings. The van der Waals surface area contributed by atoms with Crippen LogP contribution in [0.5, 0.6) is 11.8 Å². The molecular formula is C33H35N3O4. The molecule has 0 unspecified atom stereocenters. The summed E-state index contributed by atoms with van der Waals surface area (Å²) in [4.78, 5) is 23.6. The van der Waals surface area contributed by atoms with E-state index in [1.807, 2.05) is 85.1 Å². The van der Waals surface area contributed by atoms with Crippen LogP contribution in [0, 0.1) is 5.92 Å². The molecule has 0 bridgehead atoms. The predicted molar refractivity (Wildman–Crippen MR) is 155 cm³/mol. The molecule has 206 valence electrons. The van der Waals surface area contributed by atoms with E-state index in [0.717, 1.165) is 53.8 Å². The Morgan fingerprint density at radius 3 is 2.08 bits per heavy atom. The van der Waals surface area contributed by atoms with Crippen LogP contribution in [0.2, 0.25) is 0 Å². The third-order valence-corrected chi connectivity index (χ3v) is 7.48. The van der Waals surface area contributed by atoms with Gasteiger partial charge in [0.25, 0.3) is 0 Å². The van der Waals surface area contributed by atoms with Crippen molar-refractivity contribution in [3.63, 3.8) is 0 Å². The van der Waals surface area contributed by atoms with Gasteiger partial charge in [-0.1, -0.05) is 60.7 Å². The third-order valence-electron chi connectivity index (χ3n) is 7.48. The van der Waals surface area contributed by atoms with Crippen LogP contribution in [0.15, 0.2) is 91.1 Å². The quantitative estimate of drug-likeness (QED) is 0.215. The molecule has 0 amide bonds. The maximum absolute atomic E-state index is 11.9. The second-order valence-corrected chi connectivity index (χ2v) is 10.1. The Kier molecular flexibility index (Phi) is 8.91. The van der Waals surface area contributed by atoms with E-state index in [1.165, 1.54) is 7.11 Å². The van der Waals surface area contributed by atoms with Gasteiger partial charge in [0.05, 0.1) is 13.0 Å². The number of ether oxygens (including phenoxy) is 3. The highest BCUT2D eigenvalue weighted by Gasteiger charge is 2.29. The molecule has 1 saturated carbocycles. The molecule has 1 aliphatic rings. The van der Waals surface area contributed by atoms with Crippen LogP contribution in [-0.2, 0) is 22.7 Å². The van der Waals surface area contributed by atoms with Crippen LogP contribution in [0.1, 0.15) is 36.8 Å². The number of hydrogen-bond donors (Lipinski definition) is 0. The Bertz CT molecular complexity index is 1370. The average Bonchev–Trinajstić information content (AvgIpc) is 3.03. The zero-order valence-electron chi connectivity index (χ0n) is 23.0. The van der Waals surface area contributed by atoms with Gasteiger partial charge in [-0.05, 0) is 55.0 Å². The van der Waals surface area contributed by atoms with Crippen molar-refractivity contribution < 1.29 is 19.0 Å². The van der Waals surface area contributed by atoms with E-state index in [4.69, 9.17) is 24.2 Å². The highest BCUT2D eigenvalue weighted by atomic mass is 16.5. The largest absolute Gasteiger partial charge is 0.473 e. The molecule has 1 aliphatic carbocycles. The number of anilines is 1. The number of carbonyl (C=O) groups is 1. The molecule has 7 heteroatoms. The fraction of sp³-hybridized carbons (Fsp3) is 0.303. The predicted octanol–water partition coefficient (Wildman–Crippen LogP) is 6.47. The minimum atomic E-state index is -0.0982. The molecule has 2 aromatic heterocycles. The summed E-state index contributed by atoms with van der Waals surface area (Å²) < 4.78 is 17.1. The topological polar surface area (TPSA) is 73.8 Å². The minimum Gasteiger partial charge on any atom is -0.473 e. The summed E-state index contributed by atoms with van der Waals surface area (Å²) in [5, 5.41) is 0. The molecule has 7 nitrogen and oxygen atoms in total. The van der Waals surface area contributed by atoms with E-state index in [1.54, 1.807) is 0 Å². The monoisotopic (exact) mass is 537 g/mol. The van der Waals surface area contributed by atoms with E-state index >= 15 is 0 Å². The van der Waals surface area contributed by atoms with Gasteiger partial charge in [0.2, 0.25) is 11.8 Å². The van der Waals surface area contributed by atoms with Crippen LogP contribution in [0.25, 0.3) is 11.1 Å². The number of rotatable bonds is 10. The third kappa shape index (κ3) is 6.78. The van der Waals surface area contributed by atoms with Crippen LogP contribution in [0.4, 0.5) is 5.82 Å². The highest BCUT2D eigenvalue weighted by Crippen LogP contribution is 2.33. The van der Waals surface area contributed by atoms with Gasteiger partial charge in [0, 0.05) is 36.5 Å². The number of methoxy groups -OCH3 is 1. The Labute approximate surface area is 235 Å². The zero-order chi connectivity index (χ0) is 27.7. The van der Waals surface area contributed by atoms with Gasteiger partial charge in [-0.2, -0.15) is 4.98 Å². The molecule has 0 aliphatic heterocycles. The molecule has 0 atom stereocenters. The molecule has 2 heterocycles. The van der Waals surface area contributed by atoms with Crippen molar-refractivity contribution in [1.82, 2.24) is 9.97 Å². The summed E-state index contributed by atoms with van der Waals surface area (Å²) in [7, 11) is 3.53. The first-order valence-electron chi connectivity index (χ1n) is 13.7. The number of aromatic nitrogens is 2. The molecule has 0 N–H and O–H groups in total. The van der Waals surface area contributed by atoms with Crippen molar-refractivity contribution in [2.24, 2.45) is 5.92 Å². The van der Waals surface area contributed by atoms with E-state index in [-0.39, 0.29) is 11.9 Å². The summed E-state index contributed by atoms with van der Waals surface area (Å²) in [5.74, 6) is 1.80. The summed E-state index contributed by atoms with van der Waals surface area (Å²) in [6.45, 7) is 0.820. The maximum atomic E-state index is 11.9. The first kappa shape index (κ1) is 27.2. The fourth-order valence-corrected chi connectivity index (χ4v) is 5.10. The van der Waals surface area contributed by atoms with Crippen molar-refractivity contribution >= 4 is 11.8 Å². The number of hydrogen-bond acceptors (Lipinski definition) is 7. The first-order chi connectivity index (χ1) is 19.6. The van der Waals surface area contributed by atoms with Crippen molar-refractivity contribution in [3.8, 4) is 22.9 Å². The molecule has 40 heavy (non-hydrogen) atoms. The number of benzene rings is 2. The van der Waals surface area contributed by atoms with Crippen LogP contribution in [0.3, 0.4) is 0 Å². The molecule has 0 radical (unpaired) electrons. The van der Waals surface area contributed by atoms with Crippen LogP contribution >= 0.6 is 0 Å². The minimum absolute atomic E-state index is 0.00596. The standard InChI is InChI=1S/C33H35N3O4/c1-36(28-16-13-26(14-17-28)33(37)38-2)30-19-15-27(21-34-30)29-18-20-31(39-22-24-9-5-3-6-10-24)35-32(29)40-23-25-11-7-4-8-12-25/h3-12,15,18-21,26,28H,13-14,16-17,22-23H2,1-2H3. The van der Waals surface area contributed by atoms with Gasteiger partial charge >= 0.3 is 5.97 Å². The van der Waals surface area contributed by atoms with Crippen molar-refractivity contribution in [2.45, 2.75) is 44.9 Å². The lowest BCUT2D eigenvalue weighted by molar-refractivity contribution is -0.146. The van der Waals surface area contributed by atoms with Gasteiger partial charge in [0.1, 0.15) is 19.0 Å². The molecule has 1 fully saturated rings. The zero-order valence-corrected chi connectivity index (χ0v) is 23.0. The van der Waals surface area contributed by atoms with E-state index in [9.17, 15) is 4.79 Å². The molecule has 2 aromatic carbocycles. The number of carbonyl (C=O) groups excluding carboxylic acids is 1. The maximum Gasteiger partial charge on any atom is 0.308 e. The lowest BCUT2D eigenvalue weighted by atomic mass is 9.85. The first-order valence-corrected chi connectivity index (χ1v) is 13.7. The van der Waals surface area contributed by atoms with Gasteiger partial charge < -0.3 is 19.1 Å². The second-order valence-electron chi connectivity index (χ2n) is 10.1. The van der Waals surface area contributed by atoms with Gasteiger partial charge in [-0.25, -0.2) is 4.98 Å². The van der Waals surface area contributed by atoms with Crippen molar-refractivity contribution in [1.29, 1.82) is 0 Å². The Morgan fingerprint density at radius 1 is 0.825 bits per heavy atom. The van der Waals surface area contributed by atoms with Gasteiger partial charge in [0.15, 0.2) is 0 Å². The molecular weight excluding hydrogens is 502 g/mol. The average molecular weight is 538 g/mol. The van der Waals surface area contributed by atoms with Crippen molar-refractivity contribution in [3.05, 3.63) is 102 Å². The number of nitrogens with zero attached hydrogens (tertiary/aromatic N) is 3. The Hall–Kier alpha value is -4.39. The van der Waals surface area contributed by atoms with E-state index < -0.39 is 0 Å². The highest BCUT2D eigenvalue weighted by molar-refractivity contribution is 5.72. The lowest BCUT2D eigenvalue weighted by Gasteiger charge is -2.34. The van der Waals surface area contributed by atoms with Gasteiger partial charge in [-0.15, -0.1) is 0 Å².